The molecule has 1 rings (SSSR count). The zero-order valence-corrected chi connectivity index (χ0v) is 9.50. The van der Waals surface area contributed by atoms with Gasteiger partial charge in [0, 0.05) is 24.3 Å². The van der Waals surface area contributed by atoms with E-state index in [1.807, 2.05) is 25.5 Å². The van der Waals surface area contributed by atoms with Crippen molar-refractivity contribution in [3.8, 4) is 0 Å². The van der Waals surface area contributed by atoms with Crippen LogP contribution in [0.3, 0.4) is 0 Å². The summed E-state index contributed by atoms with van der Waals surface area (Å²) in [7, 11) is 0. The Morgan fingerprint density at radius 2 is 2.27 bits per heavy atom. The Labute approximate surface area is 90.0 Å². The van der Waals surface area contributed by atoms with Gasteiger partial charge in [-0.05, 0) is 26.8 Å². The molecule has 0 saturated carbocycles. The number of aromatic nitrogens is 2. The highest BCUT2D eigenvalue weighted by Gasteiger charge is 2.10. The maximum absolute atomic E-state index is 11.0. The molecule has 82 valence electrons. The average Bonchev–Trinajstić information content (AvgIpc) is 2.51. The van der Waals surface area contributed by atoms with Crippen molar-refractivity contribution in [2.75, 3.05) is 0 Å². The Balaban J connectivity index is 2.80. The van der Waals surface area contributed by atoms with Crippen LogP contribution in [0.15, 0.2) is 12.7 Å². The molecule has 1 aromatic rings. The summed E-state index contributed by atoms with van der Waals surface area (Å²) in [5.41, 5.74) is 3.17. The van der Waals surface area contributed by atoms with Crippen molar-refractivity contribution in [3.05, 3.63) is 29.6 Å². The zero-order chi connectivity index (χ0) is 11.4. The molecule has 4 nitrogen and oxygen atoms in total. The highest BCUT2D eigenvalue weighted by atomic mass is 16.1. The second kappa shape index (κ2) is 4.77. The smallest absolute Gasteiger partial charge is 0.243 e. The fraction of sp³-hybridized carbons (Fsp3) is 0.455. The molecular weight excluding hydrogens is 190 g/mol. The lowest BCUT2D eigenvalue weighted by molar-refractivity contribution is -0.116. The summed E-state index contributed by atoms with van der Waals surface area (Å²) in [5.74, 6) is -0.155. The summed E-state index contributed by atoms with van der Waals surface area (Å²) < 4.78 is 1.94. The highest BCUT2D eigenvalue weighted by molar-refractivity contribution is 5.86. The highest BCUT2D eigenvalue weighted by Crippen LogP contribution is 2.12. The normalized spacial score (nSPS) is 10.1. The van der Waals surface area contributed by atoms with Gasteiger partial charge in [-0.2, -0.15) is 5.10 Å². The van der Waals surface area contributed by atoms with Crippen LogP contribution in [0.2, 0.25) is 0 Å². The van der Waals surface area contributed by atoms with E-state index in [1.165, 1.54) is 6.08 Å². The molecule has 0 unspecified atom stereocenters. The summed E-state index contributed by atoms with van der Waals surface area (Å²) in [6, 6.07) is 0. The first kappa shape index (κ1) is 11.5. The molecular formula is C11H17N3O. The van der Waals surface area contributed by atoms with Gasteiger partial charge in [0.05, 0.1) is 5.69 Å². The molecule has 0 aliphatic carbocycles. The molecule has 0 bridgehead atoms. The second-order valence-electron chi connectivity index (χ2n) is 3.39. The van der Waals surface area contributed by atoms with Gasteiger partial charge in [-0.15, -0.1) is 0 Å². The van der Waals surface area contributed by atoms with Gasteiger partial charge in [-0.25, -0.2) is 0 Å². The Morgan fingerprint density at radius 1 is 1.60 bits per heavy atom. The van der Waals surface area contributed by atoms with E-state index in [-0.39, 0.29) is 5.91 Å². The van der Waals surface area contributed by atoms with Gasteiger partial charge in [0.25, 0.3) is 0 Å². The number of hydrogen-bond acceptors (Lipinski definition) is 2. The van der Waals surface area contributed by atoms with Crippen molar-refractivity contribution >= 4 is 5.91 Å². The van der Waals surface area contributed by atoms with E-state index in [0.29, 0.717) is 6.54 Å². The van der Waals surface area contributed by atoms with Crippen molar-refractivity contribution < 1.29 is 4.79 Å². The molecule has 0 saturated heterocycles. The van der Waals surface area contributed by atoms with Gasteiger partial charge in [0.1, 0.15) is 0 Å². The molecule has 1 aromatic heterocycles. The SMILES string of the molecule is C=CC(=O)NCc1c(C)nn(CC)c1C. The van der Waals surface area contributed by atoms with Crippen LogP contribution in [0.4, 0.5) is 0 Å². The van der Waals surface area contributed by atoms with Gasteiger partial charge in [-0.1, -0.05) is 6.58 Å². The van der Waals surface area contributed by atoms with Crippen LogP contribution < -0.4 is 5.32 Å². The number of aryl methyl sites for hydroxylation is 2. The first-order chi connectivity index (χ1) is 7.10. The predicted molar refractivity (Wildman–Crippen MR) is 59.4 cm³/mol. The summed E-state index contributed by atoms with van der Waals surface area (Å²) in [4.78, 5) is 11.0. The van der Waals surface area contributed by atoms with Crippen LogP contribution in [0.25, 0.3) is 0 Å². The third kappa shape index (κ3) is 2.46. The standard InChI is InChI=1S/C11H17N3O/c1-5-11(15)12-7-10-8(3)13-14(6-2)9(10)4/h5H,1,6-7H2,2-4H3,(H,12,15). The number of hydrogen-bond donors (Lipinski definition) is 1. The molecule has 0 aliphatic heterocycles. The van der Waals surface area contributed by atoms with E-state index in [1.54, 1.807) is 0 Å². The Morgan fingerprint density at radius 3 is 2.73 bits per heavy atom. The monoisotopic (exact) mass is 207 g/mol. The van der Waals surface area contributed by atoms with Crippen LogP contribution in [0, 0.1) is 13.8 Å². The van der Waals surface area contributed by atoms with E-state index in [9.17, 15) is 4.79 Å². The largest absolute Gasteiger partial charge is 0.348 e. The molecule has 0 spiro atoms. The van der Waals surface area contributed by atoms with Crippen LogP contribution >= 0.6 is 0 Å². The minimum atomic E-state index is -0.155. The fourth-order valence-corrected chi connectivity index (χ4v) is 1.55. The van der Waals surface area contributed by atoms with E-state index >= 15 is 0 Å². The second-order valence-corrected chi connectivity index (χ2v) is 3.39. The minimum Gasteiger partial charge on any atom is -0.348 e. The van der Waals surface area contributed by atoms with Gasteiger partial charge in [-0.3, -0.25) is 9.48 Å². The molecule has 1 N–H and O–H groups in total. The summed E-state index contributed by atoms with van der Waals surface area (Å²) in [5, 5.41) is 7.13. The maximum atomic E-state index is 11.0. The van der Waals surface area contributed by atoms with E-state index in [0.717, 1.165) is 23.5 Å². The van der Waals surface area contributed by atoms with E-state index in [2.05, 4.69) is 17.0 Å². The summed E-state index contributed by atoms with van der Waals surface area (Å²) in [6.45, 7) is 10.8. The lowest BCUT2D eigenvalue weighted by Crippen LogP contribution is -2.20. The lowest BCUT2D eigenvalue weighted by Gasteiger charge is -2.03. The molecule has 0 fully saturated rings. The predicted octanol–water partition coefficient (Wildman–Crippen LogP) is 1.32. The van der Waals surface area contributed by atoms with Crippen LogP contribution in [-0.4, -0.2) is 15.7 Å². The number of nitrogens with one attached hydrogen (secondary N) is 1. The molecule has 0 atom stereocenters. The van der Waals surface area contributed by atoms with Crippen molar-refractivity contribution in [1.29, 1.82) is 0 Å². The van der Waals surface area contributed by atoms with Crippen molar-refractivity contribution in [1.82, 2.24) is 15.1 Å². The van der Waals surface area contributed by atoms with Crippen molar-refractivity contribution in [2.45, 2.75) is 33.9 Å². The third-order valence-corrected chi connectivity index (χ3v) is 2.46. The van der Waals surface area contributed by atoms with E-state index in [4.69, 9.17) is 0 Å². The topological polar surface area (TPSA) is 46.9 Å². The number of amides is 1. The van der Waals surface area contributed by atoms with Gasteiger partial charge < -0.3 is 5.32 Å². The molecule has 0 aliphatic rings. The van der Waals surface area contributed by atoms with Gasteiger partial charge in [0.2, 0.25) is 5.91 Å². The Kier molecular flexibility index (Phi) is 3.66. The molecule has 1 amide bonds. The van der Waals surface area contributed by atoms with Gasteiger partial charge >= 0.3 is 0 Å². The molecule has 0 aromatic carbocycles. The maximum Gasteiger partial charge on any atom is 0.243 e. The number of nitrogens with zero attached hydrogens (tertiary/aromatic N) is 2. The zero-order valence-electron chi connectivity index (χ0n) is 9.50. The molecule has 1 heterocycles. The first-order valence-electron chi connectivity index (χ1n) is 5.03. The summed E-state index contributed by atoms with van der Waals surface area (Å²) in [6.07, 6.45) is 1.27. The van der Waals surface area contributed by atoms with Crippen LogP contribution in [-0.2, 0) is 17.9 Å². The quantitative estimate of drug-likeness (QED) is 0.757. The fourth-order valence-electron chi connectivity index (χ4n) is 1.55. The Hall–Kier alpha value is -1.58. The third-order valence-electron chi connectivity index (χ3n) is 2.46. The number of rotatable bonds is 4. The lowest BCUT2D eigenvalue weighted by atomic mass is 10.2. The number of carbonyl (C=O) groups is 1. The van der Waals surface area contributed by atoms with Gasteiger partial charge in [0.15, 0.2) is 0 Å². The molecule has 15 heavy (non-hydrogen) atoms. The average molecular weight is 207 g/mol. The summed E-state index contributed by atoms with van der Waals surface area (Å²) >= 11 is 0. The minimum absolute atomic E-state index is 0.155. The number of carbonyl (C=O) groups excluding carboxylic acids is 1. The molecule has 4 heteroatoms. The van der Waals surface area contributed by atoms with Crippen molar-refractivity contribution in [3.63, 3.8) is 0 Å². The first-order valence-corrected chi connectivity index (χ1v) is 5.03. The Bertz CT molecular complexity index is 379. The van der Waals surface area contributed by atoms with E-state index < -0.39 is 0 Å². The van der Waals surface area contributed by atoms with Crippen LogP contribution in [0.1, 0.15) is 23.9 Å². The van der Waals surface area contributed by atoms with Crippen LogP contribution in [0.5, 0.6) is 0 Å². The molecule has 0 radical (unpaired) electrons. The van der Waals surface area contributed by atoms with Crippen molar-refractivity contribution in [2.24, 2.45) is 0 Å².